The number of hydrogen-bond acceptors (Lipinski definition) is 5. The number of aldehydes is 1. The second-order valence-electron chi connectivity index (χ2n) is 6.62. The van der Waals surface area contributed by atoms with Gasteiger partial charge in [-0.1, -0.05) is 0 Å². The van der Waals surface area contributed by atoms with Crippen LogP contribution in [0.2, 0.25) is 0 Å². The van der Waals surface area contributed by atoms with Crippen molar-refractivity contribution >= 4 is 28.3 Å². The molecule has 0 saturated carbocycles. The van der Waals surface area contributed by atoms with Crippen LogP contribution in [0.4, 0.5) is 4.79 Å². The van der Waals surface area contributed by atoms with Crippen LogP contribution in [0.25, 0.3) is 0 Å². The van der Waals surface area contributed by atoms with Crippen LogP contribution in [-0.2, 0) is 4.74 Å². The molecule has 0 spiro atoms. The van der Waals surface area contributed by atoms with E-state index in [4.69, 9.17) is 14.2 Å². The third kappa shape index (κ3) is 4.13. The van der Waals surface area contributed by atoms with E-state index >= 15 is 0 Å². The summed E-state index contributed by atoms with van der Waals surface area (Å²) in [5.41, 5.74) is 3.03. The van der Waals surface area contributed by atoms with Crippen LogP contribution >= 0.6 is 15.9 Å². The molecule has 1 unspecified atom stereocenters. The van der Waals surface area contributed by atoms with Crippen molar-refractivity contribution in [2.45, 2.75) is 38.7 Å². The van der Waals surface area contributed by atoms with Crippen LogP contribution in [0.1, 0.15) is 43.0 Å². The SMILES string of the molecule is CCOC(=O)N1CCC2=C(CCCC2Oc2c(OC)ccc(C=O)c2Br)C1. The van der Waals surface area contributed by atoms with E-state index in [1.165, 1.54) is 11.1 Å². The Morgan fingerprint density at radius 3 is 2.89 bits per heavy atom. The van der Waals surface area contributed by atoms with Gasteiger partial charge in [0.05, 0.1) is 18.2 Å². The topological polar surface area (TPSA) is 65.1 Å². The maximum atomic E-state index is 12.0. The number of hydrogen-bond donors (Lipinski definition) is 0. The summed E-state index contributed by atoms with van der Waals surface area (Å²) in [7, 11) is 1.58. The van der Waals surface area contributed by atoms with Crippen LogP contribution in [0, 0.1) is 0 Å². The number of benzene rings is 1. The molecular formula is C20H24BrNO5. The second kappa shape index (κ2) is 8.78. The summed E-state index contributed by atoms with van der Waals surface area (Å²) < 4.78 is 17.5. The van der Waals surface area contributed by atoms with Crippen molar-refractivity contribution in [3.05, 3.63) is 33.3 Å². The van der Waals surface area contributed by atoms with Gasteiger partial charge in [0.1, 0.15) is 6.10 Å². The molecule has 0 radical (unpaired) electrons. The third-order valence-corrected chi connectivity index (χ3v) is 5.86. The van der Waals surface area contributed by atoms with E-state index < -0.39 is 0 Å². The highest BCUT2D eigenvalue weighted by molar-refractivity contribution is 9.10. The largest absolute Gasteiger partial charge is 0.493 e. The van der Waals surface area contributed by atoms with Gasteiger partial charge in [0.15, 0.2) is 17.8 Å². The zero-order valence-electron chi connectivity index (χ0n) is 15.6. The van der Waals surface area contributed by atoms with Gasteiger partial charge in [-0.15, -0.1) is 0 Å². The first-order valence-electron chi connectivity index (χ1n) is 9.19. The quantitative estimate of drug-likeness (QED) is 0.505. The van der Waals surface area contributed by atoms with E-state index in [9.17, 15) is 9.59 Å². The summed E-state index contributed by atoms with van der Waals surface area (Å²) in [6, 6.07) is 3.44. The maximum absolute atomic E-state index is 12.0. The number of halogens is 1. The van der Waals surface area contributed by atoms with Crippen molar-refractivity contribution < 1.29 is 23.8 Å². The van der Waals surface area contributed by atoms with Crippen molar-refractivity contribution in [3.63, 3.8) is 0 Å². The first-order chi connectivity index (χ1) is 13.1. The van der Waals surface area contributed by atoms with Crippen molar-refractivity contribution in [2.24, 2.45) is 0 Å². The first kappa shape index (κ1) is 19.7. The molecule has 1 atom stereocenters. The lowest BCUT2D eigenvalue weighted by molar-refractivity contribution is 0.104. The number of ether oxygens (including phenoxy) is 3. The molecule has 146 valence electrons. The number of methoxy groups -OCH3 is 1. The van der Waals surface area contributed by atoms with Gasteiger partial charge in [-0.05, 0) is 71.8 Å². The first-order valence-corrected chi connectivity index (χ1v) is 9.99. The Morgan fingerprint density at radius 2 is 2.19 bits per heavy atom. The molecule has 0 saturated heterocycles. The molecule has 7 heteroatoms. The Balaban J connectivity index is 1.84. The summed E-state index contributed by atoms with van der Waals surface area (Å²) in [4.78, 5) is 25.1. The smallest absolute Gasteiger partial charge is 0.410 e. The van der Waals surface area contributed by atoms with Gasteiger partial charge in [-0.2, -0.15) is 0 Å². The predicted octanol–water partition coefficient (Wildman–Crippen LogP) is 4.36. The molecule has 0 N–H and O–H groups in total. The van der Waals surface area contributed by atoms with Gasteiger partial charge < -0.3 is 19.1 Å². The zero-order valence-corrected chi connectivity index (χ0v) is 17.2. The molecule has 2 aliphatic rings. The fourth-order valence-corrected chi connectivity index (χ4v) is 4.22. The van der Waals surface area contributed by atoms with Crippen molar-refractivity contribution in [1.29, 1.82) is 0 Å². The Kier molecular flexibility index (Phi) is 6.42. The molecule has 1 amide bonds. The summed E-state index contributed by atoms with van der Waals surface area (Å²) in [6.07, 6.45) is 4.09. The Hall–Kier alpha value is -2.02. The van der Waals surface area contributed by atoms with E-state index in [1.807, 2.05) is 6.92 Å². The standard InChI is InChI=1S/C20H24BrNO5/c1-3-26-20(24)22-10-9-15-13(11-22)5-4-6-16(15)27-19-17(25-2)8-7-14(12-23)18(19)21/h7-8,12,16H,3-6,9-11H2,1-2H3. The molecule has 0 aromatic heterocycles. The second-order valence-corrected chi connectivity index (χ2v) is 7.41. The van der Waals surface area contributed by atoms with E-state index in [1.54, 1.807) is 24.1 Å². The molecule has 27 heavy (non-hydrogen) atoms. The Labute approximate surface area is 167 Å². The number of carbonyl (C=O) groups excluding carboxylic acids is 2. The van der Waals surface area contributed by atoms with Crippen LogP contribution in [0.15, 0.2) is 27.8 Å². The molecule has 1 aliphatic carbocycles. The number of nitrogens with zero attached hydrogens (tertiary/aromatic N) is 1. The van der Waals surface area contributed by atoms with Gasteiger partial charge in [0.2, 0.25) is 0 Å². The van der Waals surface area contributed by atoms with Gasteiger partial charge in [0, 0.05) is 18.7 Å². The zero-order chi connectivity index (χ0) is 19.4. The van der Waals surface area contributed by atoms with Crippen molar-refractivity contribution in [2.75, 3.05) is 26.8 Å². The lowest BCUT2D eigenvalue weighted by Crippen LogP contribution is -2.41. The number of amides is 1. The van der Waals surface area contributed by atoms with Crippen molar-refractivity contribution in [1.82, 2.24) is 4.90 Å². The lowest BCUT2D eigenvalue weighted by atomic mass is 9.85. The average molecular weight is 438 g/mol. The molecule has 6 nitrogen and oxygen atoms in total. The van der Waals surface area contributed by atoms with Crippen LogP contribution in [0.3, 0.4) is 0 Å². The fraction of sp³-hybridized carbons (Fsp3) is 0.500. The number of carbonyl (C=O) groups is 2. The van der Waals surface area contributed by atoms with E-state index in [0.29, 0.717) is 41.2 Å². The normalized spacial score (nSPS) is 19.4. The summed E-state index contributed by atoms with van der Waals surface area (Å²) in [5.74, 6) is 1.14. The highest BCUT2D eigenvalue weighted by Crippen LogP contribution is 2.41. The summed E-state index contributed by atoms with van der Waals surface area (Å²) in [6.45, 7) is 3.43. The van der Waals surface area contributed by atoms with Crippen LogP contribution in [-0.4, -0.2) is 50.2 Å². The minimum Gasteiger partial charge on any atom is -0.493 e. The third-order valence-electron chi connectivity index (χ3n) is 5.04. The molecule has 0 fully saturated rings. The lowest BCUT2D eigenvalue weighted by Gasteiger charge is -2.37. The van der Waals surface area contributed by atoms with Gasteiger partial charge in [-0.25, -0.2) is 4.79 Å². The Morgan fingerprint density at radius 1 is 1.37 bits per heavy atom. The molecule has 0 bridgehead atoms. The Bertz CT molecular complexity index is 761. The van der Waals surface area contributed by atoms with E-state index in [-0.39, 0.29) is 12.2 Å². The predicted molar refractivity (Wildman–Crippen MR) is 105 cm³/mol. The fourth-order valence-electron chi connectivity index (χ4n) is 3.70. The molecule has 1 aliphatic heterocycles. The van der Waals surface area contributed by atoms with Crippen LogP contribution < -0.4 is 9.47 Å². The summed E-state index contributed by atoms with van der Waals surface area (Å²) >= 11 is 3.47. The highest BCUT2D eigenvalue weighted by atomic mass is 79.9. The van der Waals surface area contributed by atoms with Crippen molar-refractivity contribution in [3.8, 4) is 11.5 Å². The highest BCUT2D eigenvalue weighted by Gasteiger charge is 2.32. The molecule has 1 heterocycles. The van der Waals surface area contributed by atoms with Crippen LogP contribution in [0.5, 0.6) is 11.5 Å². The summed E-state index contributed by atoms with van der Waals surface area (Å²) in [5, 5.41) is 0. The van der Waals surface area contributed by atoms with Gasteiger partial charge >= 0.3 is 6.09 Å². The number of rotatable bonds is 5. The molecular weight excluding hydrogens is 414 g/mol. The average Bonchev–Trinajstić information content (AvgIpc) is 2.69. The minimum absolute atomic E-state index is 0.0785. The maximum Gasteiger partial charge on any atom is 0.410 e. The molecule has 1 aromatic carbocycles. The minimum atomic E-state index is -0.254. The molecule has 1 aromatic rings. The van der Waals surface area contributed by atoms with Gasteiger partial charge in [-0.3, -0.25) is 4.79 Å². The van der Waals surface area contributed by atoms with E-state index in [0.717, 1.165) is 32.0 Å². The molecule has 3 rings (SSSR count). The van der Waals surface area contributed by atoms with E-state index in [2.05, 4.69) is 15.9 Å². The monoisotopic (exact) mass is 437 g/mol. The van der Waals surface area contributed by atoms with Gasteiger partial charge in [0.25, 0.3) is 0 Å².